The molecular formula is C22H28N4O3. The van der Waals surface area contributed by atoms with Gasteiger partial charge in [-0.25, -0.2) is 0 Å². The summed E-state index contributed by atoms with van der Waals surface area (Å²) >= 11 is 0. The molecule has 29 heavy (non-hydrogen) atoms. The van der Waals surface area contributed by atoms with Crippen molar-refractivity contribution >= 4 is 16.9 Å². The predicted molar refractivity (Wildman–Crippen MR) is 116 cm³/mol. The zero-order chi connectivity index (χ0) is 20.8. The Morgan fingerprint density at radius 1 is 1.10 bits per heavy atom. The van der Waals surface area contributed by atoms with E-state index in [1.807, 2.05) is 6.07 Å². The summed E-state index contributed by atoms with van der Waals surface area (Å²) < 4.78 is 10.4. The number of ether oxygens (including phenoxy) is 2. The fraction of sp³-hybridized carbons (Fsp3) is 0.318. The maximum Gasteiger partial charge on any atom is 0.200 e. The number of aromatic amines is 1. The van der Waals surface area contributed by atoms with Crippen LogP contribution >= 0.6 is 0 Å². The van der Waals surface area contributed by atoms with Crippen molar-refractivity contribution in [2.45, 2.75) is 19.9 Å². The van der Waals surface area contributed by atoms with E-state index in [9.17, 15) is 5.11 Å². The van der Waals surface area contributed by atoms with Gasteiger partial charge >= 0.3 is 0 Å². The van der Waals surface area contributed by atoms with Gasteiger partial charge in [-0.15, -0.1) is 0 Å². The largest absolute Gasteiger partial charge is 0.502 e. The first-order chi connectivity index (χ1) is 14.1. The molecule has 1 aromatic heterocycles. The summed E-state index contributed by atoms with van der Waals surface area (Å²) in [7, 11) is 4.77. The second-order valence-corrected chi connectivity index (χ2v) is 6.73. The third-order valence-electron chi connectivity index (χ3n) is 4.92. The number of methoxy groups -OCH3 is 2. The molecule has 0 unspecified atom stereocenters. The molecule has 0 amide bonds. The second-order valence-electron chi connectivity index (χ2n) is 6.73. The summed E-state index contributed by atoms with van der Waals surface area (Å²) in [5.74, 6) is 1.45. The van der Waals surface area contributed by atoms with Crippen LogP contribution in [0, 0.1) is 6.92 Å². The minimum Gasteiger partial charge on any atom is -0.502 e. The lowest BCUT2D eigenvalue weighted by molar-refractivity contribution is 0.339. The number of fused-ring (bicyclic) bond motifs is 1. The number of H-pyrrole nitrogens is 1. The molecule has 3 aromatic rings. The molecule has 4 N–H and O–H groups in total. The maximum atomic E-state index is 10.0. The van der Waals surface area contributed by atoms with Crippen LogP contribution in [0.3, 0.4) is 0 Å². The number of aliphatic imine (C=N–C) groups is 1. The molecule has 1 heterocycles. The number of nitrogens with one attached hydrogen (secondary N) is 3. The quantitative estimate of drug-likeness (QED) is 0.364. The van der Waals surface area contributed by atoms with Crippen molar-refractivity contribution < 1.29 is 14.6 Å². The van der Waals surface area contributed by atoms with E-state index in [-0.39, 0.29) is 5.75 Å². The molecule has 0 aliphatic rings. The number of para-hydroxylation sites is 1. The van der Waals surface area contributed by atoms with Crippen LogP contribution in [0.2, 0.25) is 0 Å². The number of phenolic OH excluding ortho intramolecular Hbond substituents is 1. The molecule has 2 aromatic carbocycles. The molecule has 0 bridgehead atoms. The van der Waals surface area contributed by atoms with Crippen LogP contribution in [-0.2, 0) is 13.0 Å². The molecule has 0 atom stereocenters. The summed E-state index contributed by atoms with van der Waals surface area (Å²) in [6.45, 7) is 3.37. The van der Waals surface area contributed by atoms with E-state index in [0.29, 0.717) is 24.0 Å². The minimum atomic E-state index is -0.00430. The van der Waals surface area contributed by atoms with Crippen LogP contribution in [0.15, 0.2) is 41.4 Å². The highest BCUT2D eigenvalue weighted by molar-refractivity contribution is 5.84. The van der Waals surface area contributed by atoms with Gasteiger partial charge in [0.05, 0.1) is 14.2 Å². The molecule has 0 aliphatic carbocycles. The number of aryl methyl sites for hydroxylation is 1. The lowest BCUT2D eigenvalue weighted by Crippen LogP contribution is -2.37. The first-order valence-corrected chi connectivity index (χ1v) is 9.52. The van der Waals surface area contributed by atoms with Crippen LogP contribution in [0.5, 0.6) is 17.2 Å². The molecule has 3 rings (SSSR count). The van der Waals surface area contributed by atoms with E-state index in [1.165, 1.54) is 30.9 Å². The van der Waals surface area contributed by atoms with Crippen LogP contribution in [0.4, 0.5) is 0 Å². The van der Waals surface area contributed by atoms with Gasteiger partial charge in [0.2, 0.25) is 5.75 Å². The highest BCUT2D eigenvalue weighted by atomic mass is 16.5. The van der Waals surface area contributed by atoms with Crippen molar-refractivity contribution in [1.29, 1.82) is 0 Å². The Hall–Kier alpha value is -3.35. The van der Waals surface area contributed by atoms with Gasteiger partial charge in [-0.1, -0.05) is 18.2 Å². The van der Waals surface area contributed by atoms with Gasteiger partial charge in [0.1, 0.15) is 0 Å². The molecule has 7 heteroatoms. The second kappa shape index (κ2) is 9.23. The third-order valence-corrected chi connectivity index (χ3v) is 4.92. The number of nitrogens with zero attached hydrogens (tertiary/aromatic N) is 1. The lowest BCUT2D eigenvalue weighted by atomic mass is 10.1. The average molecular weight is 396 g/mol. The first kappa shape index (κ1) is 20.4. The summed E-state index contributed by atoms with van der Waals surface area (Å²) in [6.07, 6.45) is 0.886. The molecule has 154 valence electrons. The first-order valence-electron chi connectivity index (χ1n) is 9.52. The van der Waals surface area contributed by atoms with E-state index < -0.39 is 0 Å². The Morgan fingerprint density at radius 3 is 2.45 bits per heavy atom. The van der Waals surface area contributed by atoms with Crippen molar-refractivity contribution in [3.63, 3.8) is 0 Å². The normalized spacial score (nSPS) is 11.5. The van der Waals surface area contributed by atoms with Crippen molar-refractivity contribution in [2.24, 2.45) is 4.99 Å². The summed E-state index contributed by atoms with van der Waals surface area (Å²) in [5.41, 5.74) is 4.58. The molecule has 0 saturated carbocycles. The number of hydrogen-bond donors (Lipinski definition) is 4. The summed E-state index contributed by atoms with van der Waals surface area (Å²) in [6, 6.07) is 11.9. The zero-order valence-corrected chi connectivity index (χ0v) is 17.3. The van der Waals surface area contributed by atoms with Crippen LogP contribution in [0.25, 0.3) is 10.9 Å². The minimum absolute atomic E-state index is 0.00430. The number of benzene rings is 2. The van der Waals surface area contributed by atoms with Gasteiger partial charge < -0.3 is 30.2 Å². The smallest absolute Gasteiger partial charge is 0.200 e. The lowest BCUT2D eigenvalue weighted by Gasteiger charge is -2.14. The highest BCUT2D eigenvalue weighted by Gasteiger charge is 2.12. The van der Waals surface area contributed by atoms with Crippen LogP contribution in [-0.4, -0.2) is 43.9 Å². The molecule has 0 saturated heterocycles. The van der Waals surface area contributed by atoms with Crippen molar-refractivity contribution in [1.82, 2.24) is 15.6 Å². The van der Waals surface area contributed by atoms with E-state index in [0.717, 1.165) is 24.0 Å². The third kappa shape index (κ3) is 4.56. The standard InChI is InChI=1S/C22H28N4O3/c1-14-16(17-7-5-6-8-18(17)26-14)9-10-24-22(23-2)25-13-15-11-19(28-3)21(27)20(12-15)29-4/h5-8,11-12,26-27H,9-10,13H2,1-4H3,(H2,23,24,25). The highest BCUT2D eigenvalue weighted by Crippen LogP contribution is 2.37. The summed E-state index contributed by atoms with van der Waals surface area (Å²) in [4.78, 5) is 7.72. The molecule has 0 fully saturated rings. The van der Waals surface area contributed by atoms with E-state index in [2.05, 4.69) is 45.7 Å². The van der Waals surface area contributed by atoms with Crippen molar-refractivity contribution in [3.05, 3.63) is 53.2 Å². The molecule has 0 spiro atoms. The molecular weight excluding hydrogens is 368 g/mol. The fourth-order valence-corrected chi connectivity index (χ4v) is 3.42. The number of aromatic nitrogens is 1. The Bertz CT molecular complexity index is 985. The number of hydrogen-bond acceptors (Lipinski definition) is 4. The van der Waals surface area contributed by atoms with Gasteiger partial charge in [0, 0.05) is 36.7 Å². The van der Waals surface area contributed by atoms with Crippen LogP contribution in [0.1, 0.15) is 16.8 Å². The zero-order valence-electron chi connectivity index (χ0n) is 17.3. The van der Waals surface area contributed by atoms with Gasteiger partial charge in [-0.2, -0.15) is 0 Å². The topological polar surface area (TPSA) is 90.9 Å². The number of guanidine groups is 1. The maximum absolute atomic E-state index is 10.0. The Morgan fingerprint density at radius 2 is 1.79 bits per heavy atom. The monoisotopic (exact) mass is 396 g/mol. The van der Waals surface area contributed by atoms with Crippen molar-refractivity contribution in [2.75, 3.05) is 27.8 Å². The van der Waals surface area contributed by atoms with Crippen LogP contribution < -0.4 is 20.1 Å². The van der Waals surface area contributed by atoms with E-state index in [4.69, 9.17) is 9.47 Å². The van der Waals surface area contributed by atoms with Gasteiger partial charge in [0.15, 0.2) is 17.5 Å². The number of phenols is 1. The SMILES string of the molecule is CN=C(NCCc1c(C)[nH]c2ccccc12)NCc1cc(OC)c(O)c(OC)c1. The Balaban J connectivity index is 1.59. The van der Waals surface area contributed by atoms with Gasteiger partial charge in [-0.3, -0.25) is 4.99 Å². The Kier molecular flexibility index (Phi) is 6.49. The average Bonchev–Trinajstić information content (AvgIpc) is 3.06. The molecule has 7 nitrogen and oxygen atoms in total. The molecule has 0 aliphatic heterocycles. The van der Waals surface area contributed by atoms with Crippen molar-refractivity contribution in [3.8, 4) is 17.2 Å². The van der Waals surface area contributed by atoms with E-state index in [1.54, 1.807) is 19.2 Å². The fourth-order valence-electron chi connectivity index (χ4n) is 3.42. The molecule has 0 radical (unpaired) electrons. The summed E-state index contributed by atoms with van der Waals surface area (Å²) in [5, 5.41) is 17.9. The van der Waals surface area contributed by atoms with Gasteiger partial charge in [0.25, 0.3) is 0 Å². The number of rotatable bonds is 7. The Labute approximate surface area is 170 Å². The van der Waals surface area contributed by atoms with E-state index >= 15 is 0 Å². The van der Waals surface area contributed by atoms with Gasteiger partial charge in [-0.05, 0) is 42.7 Å². The number of aromatic hydroxyl groups is 1. The predicted octanol–water partition coefficient (Wildman–Crippen LogP) is 3.11.